The number of aromatic hydroxyl groups is 8. The quantitative estimate of drug-likeness (QED) is 0.103. The summed E-state index contributed by atoms with van der Waals surface area (Å²) in [6.45, 7) is -0.806. The van der Waals surface area contributed by atoms with Crippen molar-refractivity contribution in [2.24, 2.45) is 0 Å². The first-order valence-electron chi connectivity index (χ1n) is 12.8. The fourth-order valence-corrected chi connectivity index (χ4v) is 4.93. The van der Waals surface area contributed by atoms with E-state index in [1.54, 1.807) is 0 Å². The predicted octanol–water partition coefficient (Wildman–Crippen LogP) is 0.762. The van der Waals surface area contributed by atoms with Crippen molar-refractivity contribution in [1.29, 1.82) is 0 Å². The van der Waals surface area contributed by atoms with Crippen LogP contribution in [0.4, 0.5) is 0 Å². The molecule has 0 unspecified atom stereocenters. The number of phenolic OH excluding ortho intramolecular Hbond substituents is 8. The van der Waals surface area contributed by atoms with Crippen LogP contribution in [0.15, 0.2) is 30.3 Å². The first-order valence-corrected chi connectivity index (χ1v) is 12.8. The van der Waals surface area contributed by atoms with Gasteiger partial charge in [-0.1, -0.05) is 0 Å². The topological polar surface area (TPSA) is 279 Å². The van der Waals surface area contributed by atoms with Crippen molar-refractivity contribution in [3.63, 3.8) is 0 Å². The minimum Gasteiger partial charge on any atom is -0.504 e. The average Bonchev–Trinajstić information content (AvgIpc) is 2.99. The molecule has 17 nitrogen and oxygen atoms in total. The highest BCUT2D eigenvalue weighted by molar-refractivity contribution is 5.95. The van der Waals surface area contributed by atoms with E-state index in [4.69, 9.17) is 23.7 Å². The monoisotopic (exact) mass is 632 g/mol. The molecule has 2 aliphatic heterocycles. The molecule has 45 heavy (non-hydrogen) atoms. The van der Waals surface area contributed by atoms with Gasteiger partial charge in [-0.25, -0.2) is 14.4 Å². The summed E-state index contributed by atoms with van der Waals surface area (Å²) >= 11 is 0. The van der Waals surface area contributed by atoms with Crippen LogP contribution in [-0.2, 0) is 18.9 Å². The molecule has 2 heterocycles. The highest BCUT2D eigenvalue weighted by Crippen LogP contribution is 2.50. The molecule has 0 bridgehead atoms. The Morgan fingerprint density at radius 2 is 1.31 bits per heavy atom. The van der Waals surface area contributed by atoms with Gasteiger partial charge in [0.25, 0.3) is 0 Å². The van der Waals surface area contributed by atoms with E-state index >= 15 is 0 Å². The molecule has 0 spiro atoms. The summed E-state index contributed by atoms with van der Waals surface area (Å²) in [6, 6.07) is 3.97. The zero-order chi connectivity index (χ0) is 32.9. The van der Waals surface area contributed by atoms with Crippen LogP contribution >= 0.6 is 0 Å². The number of rotatable bonds is 6. The van der Waals surface area contributed by atoms with E-state index in [9.17, 15) is 60.3 Å². The standard InChI is InChI=1S/C28H24O17/c1-41-22-15(33)6-10-17(21(22)37)23-25(45-28(10)40)24(44-27(39)9-4-13(31)19(35)14(32)5-9)20(36)16(43-23)7-42-26(38)8-2-11(29)18(34)12(30)3-8/h2-6,16,20,23-25,29-37H,7H2,1H3/t16-,20+,23+,24+,25+/m1/s1. The van der Waals surface area contributed by atoms with Gasteiger partial charge in [-0.3, -0.25) is 0 Å². The molecule has 5 rings (SSSR count). The minimum atomic E-state index is -1.93. The van der Waals surface area contributed by atoms with E-state index in [1.165, 1.54) is 0 Å². The summed E-state index contributed by atoms with van der Waals surface area (Å²) in [7, 11) is 1.11. The van der Waals surface area contributed by atoms with E-state index < -0.39 is 118 Å². The summed E-state index contributed by atoms with van der Waals surface area (Å²) in [5.74, 6) is -10.8. The maximum absolute atomic E-state index is 13.1. The summed E-state index contributed by atoms with van der Waals surface area (Å²) in [6.07, 6.45) is -8.60. The molecule has 0 aromatic heterocycles. The molecule has 0 aliphatic carbocycles. The highest BCUT2D eigenvalue weighted by atomic mass is 16.6. The molecule has 2 aliphatic rings. The van der Waals surface area contributed by atoms with Gasteiger partial charge in [0.2, 0.25) is 5.75 Å². The average molecular weight is 632 g/mol. The third kappa shape index (κ3) is 5.30. The van der Waals surface area contributed by atoms with Crippen LogP contribution in [0.3, 0.4) is 0 Å². The number of hydrogen-bond acceptors (Lipinski definition) is 17. The fourth-order valence-electron chi connectivity index (χ4n) is 4.93. The molecule has 9 N–H and O–H groups in total. The lowest BCUT2D eigenvalue weighted by atomic mass is 9.86. The molecule has 3 aromatic carbocycles. The van der Waals surface area contributed by atoms with Crippen molar-refractivity contribution >= 4 is 17.9 Å². The van der Waals surface area contributed by atoms with Crippen molar-refractivity contribution in [2.75, 3.05) is 13.7 Å². The van der Waals surface area contributed by atoms with Crippen LogP contribution in [0.2, 0.25) is 0 Å². The molecule has 0 radical (unpaired) electrons. The van der Waals surface area contributed by atoms with Gasteiger partial charge in [-0.05, 0) is 30.3 Å². The second kappa shape index (κ2) is 11.4. The Morgan fingerprint density at radius 1 is 0.778 bits per heavy atom. The number of fused-ring (bicyclic) bond motifs is 3. The molecule has 1 saturated heterocycles. The van der Waals surface area contributed by atoms with Crippen molar-refractivity contribution in [3.05, 3.63) is 52.6 Å². The first kappa shape index (κ1) is 30.6. The lowest BCUT2D eigenvalue weighted by molar-refractivity contribution is -0.235. The zero-order valence-electron chi connectivity index (χ0n) is 22.8. The van der Waals surface area contributed by atoms with Crippen LogP contribution < -0.4 is 4.74 Å². The van der Waals surface area contributed by atoms with E-state index in [0.717, 1.165) is 37.4 Å². The molecule has 238 valence electrons. The van der Waals surface area contributed by atoms with Gasteiger partial charge < -0.3 is 69.6 Å². The van der Waals surface area contributed by atoms with Gasteiger partial charge >= 0.3 is 17.9 Å². The Bertz CT molecular complexity index is 1670. The summed E-state index contributed by atoms with van der Waals surface area (Å²) < 4.78 is 26.8. The van der Waals surface area contributed by atoms with E-state index in [2.05, 4.69) is 0 Å². The molecule has 0 saturated carbocycles. The zero-order valence-corrected chi connectivity index (χ0v) is 22.8. The van der Waals surface area contributed by atoms with Gasteiger partial charge in [-0.15, -0.1) is 0 Å². The fraction of sp³-hybridized carbons (Fsp3) is 0.250. The van der Waals surface area contributed by atoms with Gasteiger partial charge in [0.1, 0.15) is 24.9 Å². The van der Waals surface area contributed by atoms with E-state index in [-0.39, 0.29) is 11.1 Å². The van der Waals surface area contributed by atoms with Crippen molar-refractivity contribution < 1.29 is 84.0 Å². The molecule has 17 heteroatoms. The van der Waals surface area contributed by atoms with Crippen LogP contribution in [0, 0.1) is 0 Å². The number of ether oxygens (including phenoxy) is 5. The van der Waals surface area contributed by atoms with E-state index in [0.29, 0.717) is 0 Å². The summed E-state index contributed by atoms with van der Waals surface area (Å²) in [4.78, 5) is 38.7. The van der Waals surface area contributed by atoms with Crippen molar-refractivity contribution in [2.45, 2.75) is 30.5 Å². The minimum absolute atomic E-state index is 0.302. The number of hydrogen-bond donors (Lipinski definition) is 9. The normalized spacial score (nSPS) is 22.0. The summed E-state index contributed by atoms with van der Waals surface area (Å²) in [5.41, 5.74) is -1.61. The molecule has 3 aromatic rings. The lowest BCUT2D eigenvalue weighted by Crippen LogP contribution is -2.59. The molecule has 5 atom stereocenters. The Kier molecular flexibility index (Phi) is 7.73. The van der Waals surface area contributed by atoms with Gasteiger partial charge in [0.05, 0.1) is 23.8 Å². The van der Waals surface area contributed by atoms with E-state index in [1.807, 2.05) is 0 Å². The second-order valence-corrected chi connectivity index (χ2v) is 9.89. The number of benzene rings is 3. The number of aliphatic hydroxyl groups is 1. The Morgan fingerprint density at radius 3 is 1.84 bits per heavy atom. The van der Waals surface area contributed by atoms with Crippen molar-refractivity contribution in [3.8, 4) is 51.7 Å². The van der Waals surface area contributed by atoms with Crippen LogP contribution in [-0.4, -0.2) is 102 Å². The lowest BCUT2D eigenvalue weighted by Gasteiger charge is -2.45. The number of carbonyl (C=O) groups is 3. The molecular weight excluding hydrogens is 608 g/mol. The largest absolute Gasteiger partial charge is 0.504 e. The Labute approximate surface area is 250 Å². The molecule has 1 fully saturated rings. The van der Waals surface area contributed by atoms with Crippen LogP contribution in [0.1, 0.15) is 42.7 Å². The van der Waals surface area contributed by atoms with Crippen LogP contribution in [0.25, 0.3) is 0 Å². The maximum atomic E-state index is 13.1. The number of methoxy groups -OCH3 is 1. The second-order valence-electron chi connectivity index (χ2n) is 9.89. The van der Waals surface area contributed by atoms with Gasteiger partial charge in [0.15, 0.2) is 58.2 Å². The number of carbonyl (C=O) groups excluding carboxylic acids is 3. The number of esters is 3. The van der Waals surface area contributed by atoms with Gasteiger partial charge in [-0.2, -0.15) is 0 Å². The smallest absolute Gasteiger partial charge is 0.339 e. The Balaban J connectivity index is 1.51. The maximum Gasteiger partial charge on any atom is 0.339 e. The van der Waals surface area contributed by atoms with Crippen molar-refractivity contribution in [1.82, 2.24) is 0 Å². The summed E-state index contributed by atoms with van der Waals surface area (Å²) in [5, 5.41) is 90.5. The van der Waals surface area contributed by atoms with Crippen LogP contribution in [0.5, 0.6) is 51.7 Å². The third-order valence-electron chi connectivity index (χ3n) is 7.12. The number of phenols is 8. The highest BCUT2D eigenvalue weighted by Gasteiger charge is 2.55. The first-order chi connectivity index (χ1) is 21.2. The Hall–Kier alpha value is -5.81. The molecular formula is C28H24O17. The third-order valence-corrected chi connectivity index (χ3v) is 7.12. The number of aliphatic hydroxyl groups excluding tert-OH is 1. The molecule has 0 amide bonds. The predicted molar refractivity (Wildman–Crippen MR) is 142 cm³/mol. The SMILES string of the molecule is COc1c(O)cc2c(c1O)[C@@H]1O[C@H](COC(=O)c3cc(O)c(O)c(O)c3)[C@H](O)[C@H](OC(=O)c3cc(O)c(O)c(O)c3)[C@H]1OC2=O. The van der Waals surface area contributed by atoms with Gasteiger partial charge in [0, 0.05) is 5.56 Å².